The van der Waals surface area contributed by atoms with Crippen LogP contribution in [0.3, 0.4) is 0 Å². The van der Waals surface area contributed by atoms with Gasteiger partial charge in [-0.3, -0.25) is 9.78 Å². The number of hydrogen-bond donors (Lipinski definition) is 3. The van der Waals surface area contributed by atoms with Crippen LogP contribution >= 0.6 is 58.4 Å². The lowest BCUT2D eigenvalue weighted by Crippen LogP contribution is -2.55. The fourth-order valence-electron chi connectivity index (χ4n) is 2.43. The number of nitrogens with zero attached hydrogens (tertiary/aromatic N) is 1. The molecule has 0 bridgehead atoms. The molecule has 1 aromatic carbocycles. The van der Waals surface area contributed by atoms with Gasteiger partial charge < -0.3 is 16.0 Å². The van der Waals surface area contributed by atoms with Crippen LogP contribution in [0.1, 0.15) is 5.56 Å². The maximum Gasteiger partial charge on any atom is 0.245 e. The van der Waals surface area contributed by atoms with Gasteiger partial charge in [0.05, 0.1) is 11.2 Å². The summed E-state index contributed by atoms with van der Waals surface area (Å²) in [5.41, 5.74) is 2.34. The van der Waals surface area contributed by atoms with E-state index in [1.807, 2.05) is 47.2 Å². The molecular formula is C19H15Cl3N4OS2. The van der Waals surface area contributed by atoms with E-state index < -0.39 is 15.9 Å². The van der Waals surface area contributed by atoms with Crippen molar-refractivity contribution < 1.29 is 4.79 Å². The standard InChI is InChI=1S/C19H15Cl3N4OS2/c20-19(21,22)17(25-15(27)7-6-12-8-10-29-11-12)26-18(28)24-14-5-1-3-13-4-2-9-23-16(13)14/h1-11,17H,(H,25,27)(H2,24,26,28). The summed E-state index contributed by atoms with van der Waals surface area (Å²) in [4.78, 5) is 16.6. The number of fused-ring (bicyclic) bond motifs is 1. The van der Waals surface area contributed by atoms with Crippen molar-refractivity contribution in [3.05, 3.63) is 65.0 Å². The average molecular weight is 486 g/mol. The fraction of sp³-hybridized carbons (Fsp3) is 0.105. The van der Waals surface area contributed by atoms with Crippen LogP contribution in [-0.2, 0) is 4.79 Å². The van der Waals surface area contributed by atoms with Crippen LogP contribution in [0.2, 0.25) is 0 Å². The monoisotopic (exact) mass is 484 g/mol. The Morgan fingerprint density at radius 2 is 1.97 bits per heavy atom. The number of halogens is 3. The van der Waals surface area contributed by atoms with Gasteiger partial charge in [0, 0.05) is 17.7 Å². The van der Waals surface area contributed by atoms with Gasteiger partial charge in [-0.1, -0.05) is 53.0 Å². The maximum atomic E-state index is 12.2. The minimum absolute atomic E-state index is 0.168. The number of benzene rings is 1. The Morgan fingerprint density at radius 3 is 2.69 bits per heavy atom. The lowest BCUT2D eigenvalue weighted by atomic mass is 10.2. The number of alkyl halides is 3. The summed E-state index contributed by atoms with van der Waals surface area (Å²) in [5, 5.41) is 13.4. The number of carbonyl (C=O) groups excluding carboxylic acids is 1. The zero-order valence-corrected chi connectivity index (χ0v) is 18.6. The number of amides is 1. The number of thiocarbonyl (C=S) groups is 1. The van der Waals surface area contributed by atoms with Gasteiger partial charge in [0.1, 0.15) is 6.17 Å². The highest BCUT2D eigenvalue weighted by Gasteiger charge is 2.34. The van der Waals surface area contributed by atoms with Crippen LogP contribution < -0.4 is 16.0 Å². The number of hydrogen-bond acceptors (Lipinski definition) is 4. The molecule has 10 heteroatoms. The first-order valence-electron chi connectivity index (χ1n) is 8.32. The minimum Gasteiger partial charge on any atom is -0.339 e. The Kier molecular flexibility index (Phi) is 7.32. The van der Waals surface area contributed by atoms with E-state index in [1.165, 1.54) is 17.4 Å². The van der Waals surface area contributed by atoms with E-state index >= 15 is 0 Å². The normalized spacial score (nSPS) is 12.7. The first kappa shape index (κ1) is 21.8. The van der Waals surface area contributed by atoms with Crippen molar-refractivity contribution >= 4 is 92.0 Å². The van der Waals surface area contributed by atoms with Crippen LogP contribution in [-0.4, -0.2) is 26.0 Å². The van der Waals surface area contributed by atoms with Crippen molar-refractivity contribution in [3.63, 3.8) is 0 Å². The molecule has 0 fully saturated rings. The van der Waals surface area contributed by atoms with E-state index in [1.54, 1.807) is 12.3 Å². The van der Waals surface area contributed by atoms with Gasteiger partial charge in [-0.25, -0.2) is 0 Å². The second-order valence-corrected chi connectivity index (χ2v) is 9.41. The number of para-hydroxylation sites is 1. The molecule has 1 atom stereocenters. The van der Waals surface area contributed by atoms with Crippen molar-refractivity contribution in [2.45, 2.75) is 9.96 Å². The number of aromatic nitrogens is 1. The lowest BCUT2D eigenvalue weighted by molar-refractivity contribution is -0.117. The quantitative estimate of drug-likeness (QED) is 0.203. The summed E-state index contributed by atoms with van der Waals surface area (Å²) in [5.74, 6) is -0.436. The molecule has 150 valence electrons. The third kappa shape index (κ3) is 6.29. The zero-order valence-electron chi connectivity index (χ0n) is 14.7. The van der Waals surface area contributed by atoms with Crippen molar-refractivity contribution in [3.8, 4) is 0 Å². The van der Waals surface area contributed by atoms with Gasteiger partial charge in [0.25, 0.3) is 0 Å². The third-order valence-electron chi connectivity index (χ3n) is 3.74. The number of anilines is 1. The molecule has 3 rings (SSSR count). The van der Waals surface area contributed by atoms with Crippen LogP contribution in [0.4, 0.5) is 5.69 Å². The first-order chi connectivity index (χ1) is 13.8. The SMILES string of the molecule is O=C(C=Cc1ccsc1)NC(NC(=S)Nc1cccc2cccnc12)C(Cl)(Cl)Cl. The number of pyridine rings is 1. The summed E-state index contributed by atoms with van der Waals surface area (Å²) in [6, 6.07) is 11.3. The molecule has 0 radical (unpaired) electrons. The fourth-order valence-corrected chi connectivity index (χ4v) is 3.61. The third-order valence-corrected chi connectivity index (χ3v) is 5.32. The Morgan fingerprint density at radius 1 is 1.17 bits per heavy atom. The number of thiophene rings is 1. The molecule has 0 aliphatic carbocycles. The molecular weight excluding hydrogens is 471 g/mol. The molecule has 0 aliphatic heterocycles. The van der Waals surface area contributed by atoms with E-state index in [4.69, 9.17) is 47.0 Å². The van der Waals surface area contributed by atoms with E-state index in [-0.39, 0.29) is 5.11 Å². The predicted molar refractivity (Wildman–Crippen MR) is 127 cm³/mol. The molecule has 0 saturated heterocycles. The summed E-state index contributed by atoms with van der Waals surface area (Å²) in [6.07, 6.45) is 3.65. The number of carbonyl (C=O) groups is 1. The topological polar surface area (TPSA) is 66.1 Å². The summed E-state index contributed by atoms with van der Waals surface area (Å²) in [6.45, 7) is 0. The molecule has 2 aromatic heterocycles. The highest BCUT2D eigenvalue weighted by molar-refractivity contribution is 7.80. The Balaban J connectivity index is 1.68. The van der Waals surface area contributed by atoms with Crippen LogP contribution in [0.15, 0.2) is 59.4 Å². The van der Waals surface area contributed by atoms with E-state index in [0.29, 0.717) is 5.69 Å². The molecule has 1 amide bonds. The average Bonchev–Trinajstić information content (AvgIpc) is 3.19. The second kappa shape index (κ2) is 9.73. The molecule has 2 heterocycles. The smallest absolute Gasteiger partial charge is 0.245 e. The number of nitrogens with one attached hydrogen (secondary N) is 3. The van der Waals surface area contributed by atoms with Gasteiger partial charge in [-0.15, -0.1) is 0 Å². The Bertz CT molecular complexity index is 1030. The van der Waals surface area contributed by atoms with Crippen molar-refractivity contribution in [2.24, 2.45) is 0 Å². The van der Waals surface area contributed by atoms with Gasteiger partial charge >= 0.3 is 0 Å². The highest BCUT2D eigenvalue weighted by atomic mass is 35.6. The minimum atomic E-state index is -1.84. The molecule has 29 heavy (non-hydrogen) atoms. The van der Waals surface area contributed by atoms with Crippen LogP contribution in [0, 0.1) is 0 Å². The van der Waals surface area contributed by atoms with Crippen LogP contribution in [0.25, 0.3) is 17.0 Å². The maximum absolute atomic E-state index is 12.2. The molecule has 0 saturated carbocycles. The van der Waals surface area contributed by atoms with E-state index in [2.05, 4.69) is 20.9 Å². The lowest BCUT2D eigenvalue weighted by Gasteiger charge is -2.27. The summed E-state index contributed by atoms with van der Waals surface area (Å²) < 4.78 is -1.84. The first-order valence-corrected chi connectivity index (χ1v) is 10.8. The van der Waals surface area contributed by atoms with E-state index in [0.717, 1.165) is 16.5 Å². The van der Waals surface area contributed by atoms with Gasteiger partial charge in [0.2, 0.25) is 9.70 Å². The zero-order chi connectivity index (χ0) is 20.9. The van der Waals surface area contributed by atoms with Gasteiger partial charge in [-0.2, -0.15) is 11.3 Å². The molecule has 5 nitrogen and oxygen atoms in total. The molecule has 0 aliphatic rings. The van der Waals surface area contributed by atoms with Crippen molar-refractivity contribution in [1.82, 2.24) is 15.6 Å². The molecule has 3 N–H and O–H groups in total. The van der Waals surface area contributed by atoms with Crippen molar-refractivity contribution in [1.29, 1.82) is 0 Å². The van der Waals surface area contributed by atoms with Gasteiger partial charge in [-0.05, 0) is 52.8 Å². The summed E-state index contributed by atoms with van der Waals surface area (Å²) in [7, 11) is 0. The molecule has 0 spiro atoms. The van der Waals surface area contributed by atoms with Gasteiger partial charge in [0.15, 0.2) is 5.11 Å². The van der Waals surface area contributed by atoms with Crippen molar-refractivity contribution in [2.75, 3.05) is 5.32 Å². The highest BCUT2D eigenvalue weighted by Crippen LogP contribution is 2.29. The summed E-state index contributed by atoms with van der Waals surface area (Å²) >= 11 is 24.9. The molecule has 3 aromatic rings. The largest absolute Gasteiger partial charge is 0.339 e. The second-order valence-electron chi connectivity index (χ2n) is 5.85. The van der Waals surface area contributed by atoms with Crippen LogP contribution in [0.5, 0.6) is 0 Å². The Labute approximate surface area is 192 Å². The predicted octanol–water partition coefficient (Wildman–Crippen LogP) is 5.11. The number of rotatable bonds is 5. The van der Waals surface area contributed by atoms with E-state index in [9.17, 15) is 4.79 Å². The molecule has 1 unspecified atom stereocenters. The Hall–Kier alpha value is -1.90.